The van der Waals surface area contributed by atoms with Gasteiger partial charge in [0, 0.05) is 36.9 Å². The van der Waals surface area contributed by atoms with Crippen molar-refractivity contribution in [3.63, 3.8) is 0 Å². The quantitative estimate of drug-likeness (QED) is 0.731. The van der Waals surface area contributed by atoms with E-state index >= 15 is 0 Å². The highest BCUT2D eigenvalue weighted by atomic mass is 16.4. The van der Waals surface area contributed by atoms with Crippen molar-refractivity contribution < 1.29 is 15.0 Å². The number of rotatable bonds is 1. The number of carboxylic acids is 1. The number of anilines is 1. The Bertz CT molecular complexity index is 722. The van der Waals surface area contributed by atoms with Crippen molar-refractivity contribution in [2.24, 2.45) is 11.0 Å². The molecule has 3 rings (SSSR count). The van der Waals surface area contributed by atoms with Gasteiger partial charge in [0.2, 0.25) is 0 Å². The van der Waals surface area contributed by atoms with Gasteiger partial charge in [-0.05, 0) is 24.5 Å². The summed E-state index contributed by atoms with van der Waals surface area (Å²) in [7, 11) is 1.93. The van der Waals surface area contributed by atoms with E-state index in [1.165, 1.54) is 6.20 Å². The van der Waals surface area contributed by atoms with Gasteiger partial charge in [-0.1, -0.05) is 37.3 Å². The molecule has 0 spiro atoms. The van der Waals surface area contributed by atoms with E-state index in [9.17, 15) is 9.90 Å². The summed E-state index contributed by atoms with van der Waals surface area (Å²) in [6, 6.07) is 7.06. The fourth-order valence-corrected chi connectivity index (χ4v) is 2.38. The number of aliphatic carboxylic acids is 1. The van der Waals surface area contributed by atoms with E-state index in [1.807, 2.05) is 36.6 Å². The number of benzene rings is 1. The van der Waals surface area contributed by atoms with Crippen molar-refractivity contribution >= 4 is 17.9 Å². The number of para-hydroxylation sites is 1. The van der Waals surface area contributed by atoms with Crippen molar-refractivity contribution in [3.05, 3.63) is 66.0 Å². The van der Waals surface area contributed by atoms with Crippen LogP contribution in [0.25, 0.3) is 0 Å². The number of aliphatic hydroxyl groups is 1. The molecule has 6 heteroatoms. The fraction of sp³-hybridized carbons (Fsp3) is 0.263. The van der Waals surface area contributed by atoms with Crippen molar-refractivity contribution in [3.8, 4) is 0 Å². The third kappa shape index (κ3) is 5.32. The zero-order chi connectivity index (χ0) is 18.2. The molecule has 2 heterocycles. The average Bonchev–Trinajstić information content (AvgIpc) is 2.68. The Hall–Kier alpha value is -2.86. The van der Waals surface area contributed by atoms with Crippen LogP contribution in [-0.4, -0.2) is 34.5 Å². The lowest BCUT2D eigenvalue weighted by atomic mass is 9.98. The van der Waals surface area contributed by atoms with Gasteiger partial charge < -0.3 is 15.5 Å². The van der Waals surface area contributed by atoms with Crippen LogP contribution in [0.15, 0.2) is 65.6 Å². The van der Waals surface area contributed by atoms with Crippen LogP contribution in [0.1, 0.15) is 25.0 Å². The van der Waals surface area contributed by atoms with Gasteiger partial charge in [0.05, 0.1) is 5.57 Å². The van der Waals surface area contributed by atoms with Crippen LogP contribution in [0.2, 0.25) is 0 Å². The maximum Gasteiger partial charge on any atom is 0.336 e. The van der Waals surface area contributed by atoms with Gasteiger partial charge in [-0.3, -0.25) is 5.01 Å². The summed E-state index contributed by atoms with van der Waals surface area (Å²) in [5.74, 6) is -0.497. The standard InChI is InChI=1S/C10H9NO3.C9H14N2/c12-9-6-3-1-2-4-8(6)11-5-7(9)10(13)14;1-9-5-3-7-10-11(2)8-4-6-9/h1-5,9,11-12H,(H,13,14);3-5,7-9H,6H2,1-2H3/b;5-3+,8-4+,10-7-. The molecule has 132 valence electrons. The van der Waals surface area contributed by atoms with Crippen LogP contribution < -0.4 is 5.32 Å². The van der Waals surface area contributed by atoms with E-state index in [-0.39, 0.29) is 5.57 Å². The molecule has 2 atom stereocenters. The Balaban J connectivity index is 0.000000186. The second-order valence-corrected chi connectivity index (χ2v) is 5.86. The second kappa shape index (κ2) is 8.84. The Kier molecular flexibility index (Phi) is 6.54. The topological polar surface area (TPSA) is 85.2 Å². The number of nitrogens with one attached hydrogen (secondary N) is 1. The van der Waals surface area contributed by atoms with E-state index in [1.54, 1.807) is 18.2 Å². The first-order valence-electron chi connectivity index (χ1n) is 8.06. The first-order chi connectivity index (χ1) is 12.0. The summed E-state index contributed by atoms with van der Waals surface area (Å²) >= 11 is 0. The van der Waals surface area contributed by atoms with Crippen LogP contribution in [-0.2, 0) is 4.79 Å². The van der Waals surface area contributed by atoms with Gasteiger partial charge in [0.15, 0.2) is 0 Å². The highest BCUT2D eigenvalue weighted by Crippen LogP contribution is 2.31. The SMILES string of the molecule is CC1/C=C/C=N\N(C)/C=C/C1.O=C(O)C1=CNc2ccccc2C1O. The number of hydrazone groups is 1. The van der Waals surface area contributed by atoms with Crippen LogP contribution in [0.3, 0.4) is 0 Å². The first-order valence-corrected chi connectivity index (χ1v) is 8.06. The van der Waals surface area contributed by atoms with E-state index in [0.717, 1.165) is 12.1 Å². The molecular weight excluding hydrogens is 318 g/mol. The van der Waals surface area contributed by atoms with Gasteiger partial charge in [0.1, 0.15) is 6.10 Å². The number of fused-ring (bicyclic) bond motifs is 1. The maximum atomic E-state index is 10.7. The largest absolute Gasteiger partial charge is 0.478 e. The molecule has 1 aromatic rings. The van der Waals surface area contributed by atoms with Crippen molar-refractivity contribution in [2.75, 3.05) is 12.4 Å². The molecule has 0 fully saturated rings. The minimum absolute atomic E-state index is 0.0382. The minimum atomic E-state index is -1.11. The molecule has 2 aliphatic heterocycles. The van der Waals surface area contributed by atoms with Gasteiger partial charge >= 0.3 is 5.97 Å². The molecule has 3 N–H and O–H groups in total. The van der Waals surface area contributed by atoms with E-state index < -0.39 is 12.1 Å². The van der Waals surface area contributed by atoms with Crippen LogP contribution in [0.4, 0.5) is 5.69 Å². The van der Waals surface area contributed by atoms with Gasteiger partial charge in [-0.15, -0.1) is 0 Å². The van der Waals surface area contributed by atoms with Crippen LogP contribution >= 0.6 is 0 Å². The van der Waals surface area contributed by atoms with Crippen molar-refractivity contribution in [1.29, 1.82) is 0 Å². The monoisotopic (exact) mass is 341 g/mol. The number of nitrogens with zero attached hydrogens (tertiary/aromatic N) is 2. The second-order valence-electron chi connectivity index (χ2n) is 5.86. The number of carboxylic acid groups (broad SMARTS) is 1. The summed E-state index contributed by atoms with van der Waals surface area (Å²) in [6.07, 6.45) is 11.4. The Labute approximate surface area is 147 Å². The highest BCUT2D eigenvalue weighted by Gasteiger charge is 2.25. The third-order valence-electron chi connectivity index (χ3n) is 3.78. The molecule has 1 aromatic carbocycles. The molecule has 6 nitrogen and oxygen atoms in total. The van der Waals surface area contributed by atoms with E-state index in [2.05, 4.69) is 29.5 Å². The molecule has 0 saturated carbocycles. The summed E-state index contributed by atoms with van der Waals surface area (Å²) in [6.45, 7) is 2.19. The summed E-state index contributed by atoms with van der Waals surface area (Å²) in [4.78, 5) is 10.7. The normalized spacial score (nSPS) is 25.4. The molecule has 0 amide bonds. The fourth-order valence-electron chi connectivity index (χ4n) is 2.38. The molecular formula is C19H23N3O3. The molecule has 0 aliphatic carbocycles. The van der Waals surface area contributed by atoms with Gasteiger partial charge in [-0.2, -0.15) is 5.10 Å². The van der Waals surface area contributed by atoms with Crippen LogP contribution in [0, 0.1) is 5.92 Å². The molecule has 0 radical (unpaired) electrons. The number of carbonyl (C=O) groups is 1. The van der Waals surface area contributed by atoms with Crippen molar-refractivity contribution in [2.45, 2.75) is 19.4 Å². The Morgan fingerprint density at radius 3 is 2.88 bits per heavy atom. The molecule has 2 aliphatic rings. The molecule has 25 heavy (non-hydrogen) atoms. The van der Waals surface area contributed by atoms with E-state index in [0.29, 0.717) is 11.5 Å². The van der Waals surface area contributed by atoms with Gasteiger partial charge in [0.25, 0.3) is 0 Å². The molecule has 0 aromatic heterocycles. The lowest BCUT2D eigenvalue weighted by Crippen LogP contribution is -2.17. The maximum absolute atomic E-state index is 10.7. The van der Waals surface area contributed by atoms with E-state index in [4.69, 9.17) is 5.11 Å². The van der Waals surface area contributed by atoms with Crippen LogP contribution in [0.5, 0.6) is 0 Å². The van der Waals surface area contributed by atoms with Crippen molar-refractivity contribution in [1.82, 2.24) is 5.01 Å². The first kappa shape index (κ1) is 18.5. The minimum Gasteiger partial charge on any atom is -0.478 e. The summed E-state index contributed by atoms with van der Waals surface area (Å²) in [5.41, 5.74) is 1.29. The third-order valence-corrected chi connectivity index (χ3v) is 3.78. The zero-order valence-corrected chi connectivity index (χ0v) is 14.3. The Morgan fingerprint density at radius 1 is 1.36 bits per heavy atom. The lowest BCUT2D eigenvalue weighted by molar-refractivity contribution is -0.133. The lowest BCUT2D eigenvalue weighted by Gasteiger charge is -2.21. The number of aliphatic hydroxyl groups excluding tert-OH is 1. The zero-order valence-electron chi connectivity index (χ0n) is 14.3. The highest BCUT2D eigenvalue weighted by molar-refractivity contribution is 5.90. The number of hydrogen-bond acceptors (Lipinski definition) is 5. The molecule has 0 bridgehead atoms. The molecule has 2 unspecified atom stereocenters. The predicted molar refractivity (Wildman–Crippen MR) is 99.1 cm³/mol. The molecule has 0 saturated heterocycles. The summed E-state index contributed by atoms with van der Waals surface area (Å²) < 4.78 is 0. The predicted octanol–water partition coefficient (Wildman–Crippen LogP) is 3.13. The number of allylic oxidation sites excluding steroid dienone is 3. The number of hydrogen-bond donors (Lipinski definition) is 3. The average molecular weight is 341 g/mol. The van der Waals surface area contributed by atoms with Gasteiger partial charge in [-0.25, -0.2) is 4.79 Å². The smallest absolute Gasteiger partial charge is 0.336 e. The Morgan fingerprint density at radius 2 is 2.12 bits per heavy atom. The summed E-state index contributed by atoms with van der Waals surface area (Å²) in [5, 5.41) is 27.2.